The summed E-state index contributed by atoms with van der Waals surface area (Å²) in [6.45, 7) is 0.438. The highest BCUT2D eigenvalue weighted by Gasteiger charge is 2.58. The van der Waals surface area contributed by atoms with E-state index in [0.29, 0.717) is 13.1 Å². The maximum Gasteiger partial charge on any atom is 0.186 e. The normalized spacial score (nSPS) is 51.5. The lowest BCUT2D eigenvalue weighted by atomic mass is 9.76. The van der Waals surface area contributed by atoms with Crippen LogP contribution in [0.2, 0.25) is 0 Å². The van der Waals surface area contributed by atoms with E-state index in [4.69, 9.17) is 41.9 Å². The highest BCUT2D eigenvalue weighted by molar-refractivity contribution is 5.91. The SMILES string of the molecule is NC[C@H]1O[C@H](OC2[C@@H](N)C[C@@H](CC(=O)C3(O)CC3N)[C@H](O[C@H]3O[C@H](CO)[C@@H](O)[C@H](N)[C@H]3O)[C@H]2O)[C@H](NC2CNC2)[C@@H](O)[C@@H]1O. The number of aliphatic hydroxyl groups is 7. The van der Waals surface area contributed by atoms with Crippen LogP contribution in [-0.2, 0) is 23.7 Å². The van der Waals surface area contributed by atoms with Crippen LogP contribution in [0.3, 0.4) is 0 Å². The quantitative estimate of drug-likeness (QED) is 0.100. The summed E-state index contributed by atoms with van der Waals surface area (Å²) in [7, 11) is 0. The van der Waals surface area contributed by atoms with Crippen molar-refractivity contribution >= 4 is 5.78 Å². The van der Waals surface area contributed by atoms with Crippen molar-refractivity contribution in [2.45, 2.75) is 123 Å². The summed E-state index contributed by atoms with van der Waals surface area (Å²) in [5.74, 6) is -1.38. The van der Waals surface area contributed by atoms with E-state index in [1.165, 1.54) is 0 Å². The molecule has 0 bridgehead atoms. The van der Waals surface area contributed by atoms with Crippen LogP contribution < -0.4 is 33.6 Å². The summed E-state index contributed by atoms with van der Waals surface area (Å²) < 4.78 is 23.8. The zero-order valence-electron chi connectivity index (χ0n) is 24.2. The molecule has 5 aliphatic rings. The molecule has 0 spiro atoms. The molecule has 3 unspecified atom stereocenters. The number of nitrogens with two attached hydrogens (primary N) is 4. The number of aliphatic hydroxyl groups excluding tert-OH is 6. The van der Waals surface area contributed by atoms with E-state index in [9.17, 15) is 40.5 Å². The van der Waals surface area contributed by atoms with E-state index in [-0.39, 0.29) is 31.8 Å². The molecule has 254 valence electrons. The molecule has 0 aromatic rings. The lowest BCUT2D eigenvalue weighted by molar-refractivity contribution is -0.325. The fraction of sp³-hybridized carbons (Fsp3) is 0.962. The number of nitrogens with one attached hydrogen (secondary N) is 2. The molecular weight excluding hydrogens is 588 g/mol. The first-order valence-corrected chi connectivity index (χ1v) is 15.1. The Labute approximate surface area is 253 Å². The van der Waals surface area contributed by atoms with Gasteiger partial charge in [-0.25, -0.2) is 0 Å². The molecular formula is C26H48N6O12. The number of carbonyl (C=O) groups is 1. The van der Waals surface area contributed by atoms with Crippen LogP contribution in [0.25, 0.3) is 0 Å². The fourth-order valence-electron chi connectivity index (χ4n) is 6.56. The lowest BCUT2D eigenvalue weighted by Gasteiger charge is -2.50. The Bertz CT molecular complexity index is 999. The van der Waals surface area contributed by atoms with Gasteiger partial charge in [0, 0.05) is 50.6 Å². The molecule has 0 aromatic heterocycles. The van der Waals surface area contributed by atoms with Gasteiger partial charge in [0.15, 0.2) is 18.4 Å². The minimum absolute atomic E-state index is 0.0350. The van der Waals surface area contributed by atoms with Crippen molar-refractivity contribution in [2.75, 3.05) is 26.2 Å². The Kier molecular flexibility index (Phi) is 10.6. The van der Waals surface area contributed by atoms with Crippen molar-refractivity contribution < 1.29 is 59.5 Å². The Balaban J connectivity index is 1.38. The zero-order valence-corrected chi connectivity index (χ0v) is 24.2. The number of carbonyl (C=O) groups excluding carboxylic acids is 1. The van der Waals surface area contributed by atoms with Gasteiger partial charge < -0.3 is 88.3 Å². The lowest BCUT2D eigenvalue weighted by Crippen LogP contribution is -2.71. The van der Waals surface area contributed by atoms with Crippen molar-refractivity contribution in [2.24, 2.45) is 28.9 Å². The minimum atomic E-state index is -1.71. The Morgan fingerprint density at radius 1 is 0.909 bits per heavy atom. The summed E-state index contributed by atoms with van der Waals surface area (Å²) in [6.07, 6.45) is -14.9. The summed E-state index contributed by atoms with van der Waals surface area (Å²) in [5, 5.41) is 80.7. The fourth-order valence-corrected chi connectivity index (χ4v) is 6.56. The van der Waals surface area contributed by atoms with E-state index in [1.54, 1.807) is 0 Å². The molecule has 2 saturated carbocycles. The molecule has 18 nitrogen and oxygen atoms in total. The van der Waals surface area contributed by atoms with Crippen LogP contribution in [0.4, 0.5) is 0 Å². The average molecular weight is 637 g/mol. The number of hydrogen-bond donors (Lipinski definition) is 13. The molecule has 0 amide bonds. The molecule has 3 aliphatic heterocycles. The van der Waals surface area contributed by atoms with Crippen molar-refractivity contribution in [3.8, 4) is 0 Å². The van der Waals surface area contributed by atoms with E-state index in [1.807, 2.05) is 0 Å². The minimum Gasteiger partial charge on any atom is -0.394 e. The predicted molar refractivity (Wildman–Crippen MR) is 148 cm³/mol. The van der Waals surface area contributed by atoms with E-state index >= 15 is 0 Å². The maximum atomic E-state index is 13.0. The van der Waals surface area contributed by atoms with Crippen molar-refractivity contribution in [3.63, 3.8) is 0 Å². The van der Waals surface area contributed by atoms with Crippen LogP contribution >= 0.6 is 0 Å². The largest absolute Gasteiger partial charge is 0.394 e. The smallest absolute Gasteiger partial charge is 0.186 e. The second kappa shape index (κ2) is 13.6. The Hall–Kier alpha value is -1.01. The van der Waals surface area contributed by atoms with Crippen LogP contribution in [0.1, 0.15) is 19.3 Å². The highest BCUT2D eigenvalue weighted by atomic mass is 16.7. The monoisotopic (exact) mass is 636 g/mol. The molecule has 3 saturated heterocycles. The zero-order chi connectivity index (χ0) is 32.1. The number of rotatable bonds is 11. The third kappa shape index (κ3) is 6.56. The van der Waals surface area contributed by atoms with Gasteiger partial charge in [0.2, 0.25) is 0 Å². The molecule has 0 radical (unpaired) electrons. The van der Waals surface area contributed by atoms with Crippen molar-refractivity contribution in [1.29, 1.82) is 0 Å². The van der Waals surface area contributed by atoms with Gasteiger partial charge in [-0.2, -0.15) is 0 Å². The molecule has 5 fully saturated rings. The molecule has 5 rings (SSSR count). The van der Waals surface area contributed by atoms with Crippen LogP contribution in [0.15, 0.2) is 0 Å². The Morgan fingerprint density at radius 2 is 1.55 bits per heavy atom. The first-order chi connectivity index (χ1) is 20.8. The predicted octanol–water partition coefficient (Wildman–Crippen LogP) is -8.01. The summed E-state index contributed by atoms with van der Waals surface area (Å²) >= 11 is 0. The van der Waals surface area contributed by atoms with Crippen LogP contribution in [0.5, 0.6) is 0 Å². The van der Waals surface area contributed by atoms with Gasteiger partial charge in [-0.15, -0.1) is 0 Å². The van der Waals surface area contributed by atoms with Gasteiger partial charge in [-0.05, 0) is 12.3 Å². The average Bonchev–Trinajstić information content (AvgIpc) is 3.60. The van der Waals surface area contributed by atoms with Gasteiger partial charge >= 0.3 is 0 Å². The molecule has 17 N–H and O–H groups in total. The second-order valence-electron chi connectivity index (χ2n) is 12.8. The standard InChI is InChI=1S/C26H48N6O12/c27-4-11-18(36)20(38)16(32-9-5-31-6-9)24(41-11)44-23-10(28)1-8(2-14(34)26(40)3-13(26)29)22(21(23)39)43-25-19(37)15(30)17(35)12(7-33)42-25/h8-13,15-25,31-33,35-40H,1-7,27-30H2/t8-,10-,11+,12+,13?,15-,16+,17+,18+,19+,20+,21+,22-,23?,24+,25+,26?/m0/s1. The maximum absolute atomic E-state index is 13.0. The Morgan fingerprint density at radius 3 is 2.11 bits per heavy atom. The second-order valence-corrected chi connectivity index (χ2v) is 12.8. The number of Topliss-reactive ketones (excluding diaryl/α,β-unsaturated/α-hetero) is 1. The third-order valence-electron chi connectivity index (χ3n) is 9.71. The van der Waals surface area contributed by atoms with Gasteiger partial charge in [0.25, 0.3) is 0 Å². The number of ketones is 1. The third-order valence-corrected chi connectivity index (χ3v) is 9.71. The molecule has 3 heterocycles. The van der Waals surface area contributed by atoms with Crippen LogP contribution in [-0.4, -0.2) is 171 Å². The van der Waals surface area contributed by atoms with Gasteiger partial charge in [-0.3, -0.25) is 4.79 Å². The first-order valence-electron chi connectivity index (χ1n) is 15.1. The van der Waals surface area contributed by atoms with Gasteiger partial charge in [0.05, 0.1) is 24.8 Å². The number of hydrogen-bond acceptors (Lipinski definition) is 18. The summed E-state index contributed by atoms with van der Waals surface area (Å²) in [4.78, 5) is 13.0. The highest BCUT2D eigenvalue weighted by Crippen LogP contribution is 2.41. The first kappa shape index (κ1) is 34.3. The number of ether oxygens (including phenoxy) is 4. The molecule has 17 atom stereocenters. The van der Waals surface area contributed by atoms with Gasteiger partial charge in [0.1, 0.15) is 54.4 Å². The topological polar surface area (TPSA) is 324 Å². The molecule has 2 aliphatic carbocycles. The molecule has 44 heavy (non-hydrogen) atoms. The van der Waals surface area contributed by atoms with Crippen molar-refractivity contribution in [3.05, 3.63) is 0 Å². The van der Waals surface area contributed by atoms with E-state index in [2.05, 4.69) is 10.6 Å². The van der Waals surface area contributed by atoms with Crippen molar-refractivity contribution in [1.82, 2.24) is 10.6 Å². The van der Waals surface area contributed by atoms with Gasteiger partial charge in [-0.1, -0.05) is 0 Å². The summed E-state index contributed by atoms with van der Waals surface area (Å²) in [6, 6.07) is -3.89. The summed E-state index contributed by atoms with van der Waals surface area (Å²) in [5.41, 5.74) is 22.3. The van der Waals surface area contributed by atoms with Crippen LogP contribution in [0, 0.1) is 5.92 Å². The molecule has 0 aromatic carbocycles. The van der Waals surface area contributed by atoms with E-state index < -0.39 is 116 Å². The van der Waals surface area contributed by atoms with E-state index in [0.717, 1.165) is 0 Å². The molecule has 18 heteroatoms.